The van der Waals surface area contributed by atoms with Gasteiger partial charge in [0.2, 0.25) is 17.7 Å². The van der Waals surface area contributed by atoms with Crippen molar-refractivity contribution in [3.05, 3.63) is 41.3 Å². The molecule has 218 valence electrons. The fraction of sp³-hybridized carbons (Fsp3) is 0.500. The number of pyridine rings is 1. The first kappa shape index (κ1) is 27.2. The van der Waals surface area contributed by atoms with E-state index in [0.717, 1.165) is 23.7 Å². The number of ether oxygens (including phenoxy) is 2. The number of aryl methyl sites for hydroxylation is 1. The number of aliphatic hydroxyl groups is 1. The smallest absolute Gasteiger partial charge is 0.421 e. The highest BCUT2D eigenvalue weighted by molar-refractivity contribution is 6.08. The van der Waals surface area contributed by atoms with Crippen molar-refractivity contribution in [2.45, 2.75) is 50.5 Å². The Bertz CT molecular complexity index is 1460. The number of rotatable bonds is 7. The molecule has 12 nitrogen and oxygen atoms in total. The first-order valence-electron chi connectivity index (χ1n) is 13.3. The number of hydrogen-bond acceptors (Lipinski definition) is 10. The van der Waals surface area contributed by atoms with Crippen LogP contribution in [0.1, 0.15) is 42.8 Å². The average molecular weight is 575 g/mol. The highest BCUT2D eigenvalue weighted by atomic mass is 19.4. The number of nitrogens with zero attached hydrogens (tertiary/aromatic N) is 7. The Morgan fingerprint density at radius 1 is 1.29 bits per heavy atom. The maximum absolute atomic E-state index is 13.3. The maximum atomic E-state index is 13.3. The van der Waals surface area contributed by atoms with Gasteiger partial charge in [-0.25, -0.2) is 14.6 Å². The van der Waals surface area contributed by atoms with Crippen LogP contribution in [0.25, 0.3) is 0 Å². The molecule has 3 aromatic heterocycles. The lowest BCUT2D eigenvalue weighted by molar-refractivity contribution is -0.141. The van der Waals surface area contributed by atoms with Crippen LogP contribution in [0.15, 0.2) is 24.4 Å². The van der Waals surface area contributed by atoms with Crippen molar-refractivity contribution in [3.63, 3.8) is 0 Å². The number of alkyl halides is 3. The molecule has 1 saturated heterocycles. The van der Waals surface area contributed by atoms with Crippen molar-refractivity contribution >= 4 is 23.4 Å². The van der Waals surface area contributed by atoms with Crippen molar-refractivity contribution in [1.82, 2.24) is 24.7 Å². The molecule has 6 heterocycles. The molecule has 0 bridgehead atoms. The van der Waals surface area contributed by atoms with Crippen LogP contribution >= 0.6 is 0 Å². The van der Waals surface area contributed by atoms with E-state index in [-0.39, 0.29) is 36.9 Å². The van der Waals surface area contributed by atoms with Crippen LogP contribution in [0.3, 0.4) is 0 Å². The van der Waals surface area contributed by atoms with Crippen LogP contribution in [-0.2, 0) is 28.7 Å². The molecule has 15 heteroatoms. The summed E-state index contributed by atoms with van der Waals surface area (Å²) >= 11 is 0. The number of aliphatic hydroxyl groups excluding tert-OH is 1. The molecule has 0 aliphatic carbocycles. The molecule has 3 aliphatic heterocycles. The number of nitrogens with one attached hydrogen (secondary N) is 1. The molecule has 0 aromatic carbocycles. The Balaban J connectivity index is 1.18. The monoisotopic (exact) mass is 574 g/mol. The zero-order valence-electron chi connectivity index (χ0n) is 22.5. The van der Waals surface area contributed by atoms with Crippen molar-refractivity contribution in [1.29, 1.82) is 0 Å². The van der Waals surface area contributed by atoms with E-state index < -0.39 is 17.4 Å². The van der Waals surface area contributed by atoms with Gasteiger partial charge in [-0.3, -0.25) is 4.79 Å². The van der Waals surface area contributed by atoms with Gasteiger partial charge in [0.15, 0.2) is 11.5 Å². The van der Waals surface area contributed by atoms with Gasteiger partial charge in [0.1, 0.15) is 11.2 Å². The van der Waals surface area contributed by atoms with E-state index >= 15 is 0 Å². The SMILES string of the molecule is CN1c2nc(NCc3ccc(Oc4cc(C(F)(F)F)nn4C4CCOC4)nc3)nc3c2N(CCC3)C(=O)[C@]1(C)CO. The molecule has 0 radical (unpaired) electrons. The number of carbonyl (C=O) groups is 1. The quantitative estimate of drug-likeness (QED) is 0.434. The van der Waals surface area contributed by atoms with E-state index in [9.17, 15) is 23.1 Å². The van der Waals surface area contributed by atoms with Crippen molar-refractivity contribution in [3.8, 4) is 11.8 Å². The summed E-state index contributed by atoms with van der Waals surface area (Å²) in [7, 11) is 1.73. The number of halogens is 3. The normalized spacial score (nSPS) is 22.2. The first-order valence-corrected chi connectivity index (χ1v) is 13.3. The summed E-state index contributed by atoms with van der Waals surface area (Å²) in [5.74, 6) is 0.811. The number of aromatic nitrogens is 5. The predicted molar refractivity (Wildman–Crippen MR) is 140 cm³/mol. The minimum absolute atomic E-state index is 0.0610. The average Bonchev–Trinajstić information content (AvgIpc) is 3.64. The van der Waals surface area contributed by atoms with E-state index in [1.807, 2.05) is 0 Å². The number of anilines is 3. The highest BCUT2D eigenvalue weighted by Gasteiger charge is 2.49. The van der Waals surface area contributed by atoms with E-state index in [4.69, 9.17) is 9.47 Å². The molecule has 1 unspecified atom stereocenters. The lowest BCUT2D eigenvalue weighted by Crippen LogP contribution is -2.64. The van der Waals surface area contributed by atoms with Gasteiger partial charge in [-0.15, -0.1) is 0 Å². The fourth-order valence-corrected chi connectivity index (χ4v) is 5.25. The second kappa shape index (κ2) is 10.1. The Hall–Kier alpha value is -3.98. The van der Waals surface area contributed by atoms with Crippen LogP contribution in [0, 0.1) is 0 Å². The topological polar surface area (TPSA) is 131 Å². The number of carbonyl (C=O) groups excluding carboxylic acids is 1. The van der Waals surface area contributed by atoms with Gasteiger partial charge in [0.25, 0.3) is 5.91 Å². The summed E-state index contributed by atoms with van der Waals surface area (Å²) in [6.45, 7) is 2.88. The molecule has 1 amide bonds. The summed E-state index contributed by atoms with van der Waals surface area (Å²) in [5, 5.41) is 16.9. The van der Waals surface area contributed by atoms with E-state index in [2.05, 4.69) is 25.4 Å². The summed E-state index contributed by atoms with van der Waals surface area (Å²) in [5.41, 5.74) is 0.0236. The van der Waals surface area contributed by atoms with Gasteiger partial charge < -0.3 is 29.7 Å². The van der Waals surface area contributed by atoms with Crippen LogP contribution in [0.2, 0.25) is 0 Å². The molecule has 1 fully saturated rings. The molecule has 2 atom stereocenters. The zero-order valence-corrected chi connectivity index (χ0v) is 22.5. The van der Waals surface area contributed by atoms with Gasteiger partial charge in [-0.05, 0) is 31.7 Å². The van der Waals surface area contributed by atoms with Crippen LogP contribution in [0.4, 0.5) is 30.6 Å². The van der Waals surface area contributed by atoms with E-state index in [1.165, 1.54) is 4.68 Å². The lowest BCUT2D eigenvalue weighted by Gasteiger charge is -2.47. The molecule has 2 N–H and O–H groups in total. The van der Waals surface area contributed by atoms with Crippen LogP contribution in [0.5, 0.6) is 11.8 Å². The van der Waals surface area contributed by atoms with Crippen LogP contribution in [-0.4, -0.2) is 74.7 Å². The first-order chi connectivity index (χ1) is 19.6. The maximum Gasteiger partial charge on any atom is 0.435 e. The summed E-state index contributed by atoms with van der Waals surface area (Å²) in [6.07, 6.45) is -1.08. The number of likely N-dealkylation sites (N-methyl/N-ethyl adjacent to an activating group) is 1. The van der Waals surface area contributed by atoms with Gasteiger partial charge in [0, 0.05) is 45.1 Å². The molecule has 41 heavy (non-hydrogen) atoms. The lowest BCUT2D eigenvalue weighted by atomic mass is 9.93. The van der Waals surface area contributed by atoms with Crippen molar-refractivity contribution in [2.24, 2.45) is 0 Å². The van der Waals surface area contributed by atoms with Gasteiger partial charge in [-0.1, -0.05) is 6.07 Å². The third kappa shape index (κ3) is 4.82. The predicted octanol–water partition coefficient (Wildman–Crippen LogP) is 2.93. The van der Waals surface area contributed by atoms with Crippen molar-refractivity contribution < 1.29 is 32.5 Å². The molecule has 3 aliphatic rings. The highest BCUT2D eigenvalue weighted by Crippen LogP contribution is 2.43. The molecule has 6 rings (SSSR count). The molecule has 3 aromatic rings. The molecular weight excluding hydrogens is 545 g/mol. The Morgan fingerprint density at radius 3 is 2.80 bits per heavy atom. The van der Waals surface area contributed by atoms with Gasteiger partial charge in [-0.2, -0.15) is 23.3 Å². The second-order valence-electron chi connectivity index (χ2n) is 10.5. The third-order valence-corrected chi connectivity index (χ3v) is 7.78. The Kier molecular flexibility index (Phi) is 6.72. The summed E-state index contributed by atoms with van der Waals surface area (Å²) in [6, 6.07) is 3.81. The third-order valence-electron chi connectivity index (χ3n) is 7.78. The van der Waals surface area contributed by atoms with E-state index in [1.54, 1.807) is 42.1 Å². The number of hydrogen-bond donors (Lipinski definition) is 2. The molecule has 0 saturated carbocycles. The zero-order chi connectivity index (χ0) is 28.9. The minimum atomic E-state index is -4.61. The Labute approximate surface area is 233 Å². The molecular formula is C26H29F3N8O4. The van der Waals surface area contributed by atoms with Gasteiger partial charge in [0.05, 0.1) is 24.9 Å². The molecule has 0 spiro atoms. The minimum Gasteiger partial charge on any atom is -0.421 e. The number of amides is 1. The fourth-order valence-electron chi connectivity index (χ4n) is 5.25. The van der Waals surface area contributed by atoms with Gasteiger partial charge >= 0.3 is 6.18 Å². The standard InChI is InChI=1S/C26H29F3N8O4/c1-25(14-38)23(39)36-8-3-4-17-21(36)22(35(25)2)33-24(32-17)31-12-15-5-6-19(30-11-15)41-20-10-18(26(27,28)29)34-37(20)16-7-9-40-13-16/h5-6,10-11,16,38H,3-4,7-9,12-14H2,1-2H3,(H,31,32,33)/t16?,25-/m0/s1. The Morgan fingerprint density at radius 2 is 2.12 bits per heavy atom. The second-order valence-corrected chi connectivity index (χ2v) is 10.5. The van der Waals surface area contributed by atoms with Crippen molar-refractivity contribution in [2.75, 3.05) is 48.5 Å². The summed E-state index contributed by atoms with van der Waals surface area (Å²) < 4.78 is 52.2. The largest absolute Gasteiger partial charge is 0.435 e. The van der Waals surface area contributed by atoms with E-state index in [0.29, 0.717) is 50.0 Å². The van der Waals surface area contributed by atoms with Crippen LogP contribution < -0.4 is 19.9 Å². The summed E-state index contributed by atoms with van der Waals surface area (Å²) in [4.78, 5) is 30.0.